The minimum Gasteiger partial charge on any atom is -0.352 e. The van der Waals surface area contributed by atoms with Crippen LogP contribution in [0.2, 0.25) is 0 Å². The Hall–Kier alpha value is -1.28. The van der Waals surface area contributed by atoms with Crippen molar-refractivity contribution in [3.63, 3.8) is 0 Å². The van der Waals surface area contributed by atoms with E-state index in [2.05, 4.69) is 35.9 Å². The van der Waals surface area contributed by atoms with Gasteiger partial charge < -0.3 is 4.90 Å². The number of benzene rings is 1. The number of rotatable bonds is 4. The highest BCUT2D eigenvalue weighted by molar-refractivity contribution is 6.18. The number of anilines is 1. The van der Waals surface area contributed by atoms with Crippen molar-refractivity contribution in [1.82, 2.24) is 4.98 Å². The summed E-state index contributed by atoms with van der Waals surface area (Å²) < 4.78 is 0. The highest BCUT2D eigenvalue weighted by Crippen LogP contribution is 2.25. The molecule has 0 aliphatic rings. The number of fused-ring (bicyclic) bond motifs is 1. The second kappa shape index (κ2) is 5.37. The zero-order valence-electron chi connectivity index (χ0n) is 10.2. The molecule has 0 atom stereocenters. The maximum Gasteiger partial charge on any atom is 0.136 e. The Morgan fingerprint density at radius 2 is 2.00 bits per heavy atom. The standard InChI is InChI=1S/C14H17ClN2/c1-11(2)17(10-8-15)14-13-6-4-3-5-12(13)7-9-16-14/h3-7,9,11H,8,10H2,1-2H3. The molecule has 1 heterocycles. The third-order valence-corrected chi connectivity index (χ3v) is 3.04. The van der Waals surface area contributed by atoms with E-state index in [1.165, 1.54) is 10.8 Å². The fraction of sp³-hybridized carbons (Fsp3) is 0.357. The molecule has 2 nitrogen and oxygen atoms in total. The Morgan fingerprint density at radius 3 is 2.71 bits per heavy atom. The molecule has 0 aliphatic heterocycles. The molecular formula is C14H17ClN2. The maximum atomic E-state index is 5.87. The van der Waals surface area contributed by atoms with E-state index < -0.39 is 0 Å². The van der Waals surface area contributed by atoms with Crippen LogP contribution in [0.3, 0.4) is 0 Å². The predicted octanol–water partition coefficient (Wildman–Crippen LogP) is 3.69. The molecule has 0 unspecified atom stereocenters. The Bertz CT molecular complexity index is 491. The third kappa shape index (κ3) is 2.52. The largest absolute Gasteiger partial charge is 0.352 e. The summed E-state index contributed by atoms with van der Waals surface area (Å²) >= 11 is 5.87. The van der Waals surface area contributed by atoms with Crippen molar-refractivity contribution in [3.05, 3.63) is 36.5 Å². The van der Waals surface area contributed by atoms with Crippen LogP contribution in [0.25, 0.3) is 10.8 Å². The zero-order chi connectivity index (χ0) is 12.3. The van der Waals surface area contributed by atoms with Crippen LogP contribution in [-0.2, 0) is 0 Å². The summed E-state index contributed by atoms with van der Waals surface area (Å²) in [7, 11) is 0. The normalized spacial score (nSPS) is 11.1. The quantitative estimate of drug-likeness (QED) is 0.768. The van der Waals surface area contributed by atoms with Gasteiger partial charge in [-0.25, -0.2) is 4.98 Å². The summed E-state index contributed by atoms with van der Waals surface area (Å²) in [4.78, 5) is 6.76. The van der Waals surface area contributed by atoms with Crippen molar-refractivity contribution in [1.29, 1.82) is 0 Å². The molecule has 0 aliphatic carbocycles. The fourth-order valence-electron chi connectivity index (χ4n) is 2.03. The smallest absolute Gasteiger partial charge is 0.136 e. The molecular weight excluding hydrogens is 232 g/mol. The lowest BCUT2D eigenvalue weighted by Gasteiger charge is -2.28. The van der Waals surface area contributed by atoms with Gasteiger partial charge in [-0.15, -0.1) is 11.6 Å². The molecule has 1 aromatic carbocycles. The van der Waals surface area contributed by atoms with E-state index in [1.807, 2.05) is 24.4 Å². The molecule has 0 radical (unpaired) electrons. The number of nitrogens with zero attached hydrogens (tertiary/aromatic N) is 2. The molecule has 17 heavy (non-hydrogen) atoms. The van der Waals surface area contributed by atoms with Gasteiger partial charge in [0.15, 0.2) is 0 Å². The summed E-state index contributed by atoms with van der Waals surface area (Å²) in [5, 5.41) is 2.41. The first-order valence-corrected chi connectivity index (χ1v) is 6.44. The molecule has 0 spiro atoms. The number of halogens is 1. The first-order chi connectivity index (χ1) is 8.24. The van der Waals surface area contributed by atoms with Gasteiger partial charge in [0.2, 0.25) is 0 Å². The molecule has 0 fully saturated rings. The van der Waals surface area contributed by atoms with Gasteiger partial charge in [0, 0.05) is 30.0 Å². The molecule has 3 heteroatoms. The van der Waals surface area contributed by atoms with E-state index >= 15 is 0 Å². The van der Waals surface area contributed by atoms with Gasteiger partial charge in [-0.2, -0.15) is 0 Å². The van der Waals surface area contributed by atoms with Gasteiger partial charge >= 0.3 is 0 Å². The molecule has 2 aromatic rings. The van der Waals surface area contributed by atoms with Gasteiger partial charge in [-0.05, 0) is 25.3 Å². The lowest BCUT2D eigenvalue weighted by molar-refractivity contribution is 0.698. The molecule has 0 N–H and O–H groups in total. The monoisotopic (exact) mass is 248 g/mol. The minimum absolute atomic E-state index is 0.395. The highest BCUT2D eigenvalue weighted by Gasteiger charge is 2.13. The highest BCUT2D eigenvalue weighted by atomic mass is 35.5. The molecule has 0 saturated heterocycles. The van der Waals surface area contributed by atoms with Crippen LogP contribution in [0.4, 0.5) is 5.82 Å². The Balaban J connectivity index is 2.52. The molecule has 0 saturated carbocycles. The lowest BCUT2D eigenvalue weighted by atomic mass is 10.1. The van der Waals surface area contributed by atoms with E-state index in [4.69, 9.17) is 11.6 Å². The number of alkyl halides is 1. The number of hydrogen-bond donors (Lipinski definition) is 0. The second-order valence-electron chi connectivity index (χ2n) is 4.33. The van der Waals surface area contributed by atoms with Gasteiger partial charge in [-0.1, -0.05) is 24.3 Å². The average molecular weight is 249 g/mol. The summed E-state index contributed by atoms with van der Waals surface area (Å²) in [6.07, 6.45) is 1.86. The molecule has 0 bridgehead atoms. The number of aromatic nitrogens is 1. The Morgan fingerprint density at radius 1 is 1.24 bits per heavy atom. The van der Waals surface area contributed by atoms with Gasteiger partial charge in [0.25, 0.3) is 0 Å². The van der Waals surface area contributed by atoms with E-state index in [9.17, 15) is 0 Å². The van der Waals surface area contributed by atoms with E-state index in [0.717, 1.165) is 12.4 Å². The van der Waals surface area contributed by atoms with Crippen LogP contribution in [0.5, 0.6) is 0 Å². The van der Waals surface area contributed by atoms with Gasteiger partial charge in [0.1, 0.15) is 5.82 Å². The first-order valence-electron chi connectivity index (χ1n) is 5.90. The first kappa shape index (κ1) is 12.2. The Labute approximate surface area is 107 Å². The molecule has 90 valence electrons. The average Bonchev–Trinajstić information content (AvgIpc) is 2.35. The topological polar surface area (TPSA) is 16.1 Å². The number of pyridine rings is 1. The number of hydrogen-bond acceptors (Lipinski definition) is 2. The SMILES string of the molecule is CC(C)N(CCCl)c1nccc2ccccc12. The van der Waals surface area contributed by atoms with Gasteiger partial charge in [-0.3, -0.25) is 0 Å². The van der Waals surface area contributed by atoms with E-state index in [-0.39, 0.29) is 0 Å². The van der Waals surface area contributed by atoms with Crippen molar-refractivity contribution in [3.8, 4) is 0 Å². The van der Waals surface area contributed by atoms with E-state index in [0.29, 0.717) is 11.9 Å². The minimum atomic E-state index is 0.395. The summed E-state index contributed by atoms with van der Waals surface area (Å²) in [5.74, 6) is 1.64. The molecule has 1 aromatic heterocycles. The molecule has 2 rings (SSSR count). The fourth-order valence-corrected chi connectivity index (χ4v) is 2.21. The van der Waals surface area contributed by atoms with Crippen LogP contribution in [0, 0.1) is 0 Å². The maximum absolute atomic E-state index is 5.87. The van der Waals surface area contributed by atoms with Crippen molar-refractivity contribution >= 4 is 28.2 Å². The third-order valence-electron chi connectivity index (χ3n) is 2.87. The van der Waals surface area contributed by atoms with Crippen LogP contribution >= 0.6 is 11.6 Å². The van der Waals surface area contributed by atoms with Crippen LogP contribution in [-0.4, -0.2) is 23.5 Å². The lowest BCUT2D eigenvalue weighted by Crippen LogP contribution is -2.33. The van der Waals surface area contributed by atoms with Crippen molar-refractivity contribution in [2.75, 3.05) is 17.3 Å². The predicted molar refractivity (Wildman–Crippen MR) is 74.9 cm³/mol. The molecule has 0 amide bonds. The summed E-state index contributed by atoms with van der Waals surface area (Å²) in [5.41, 5.74) is 0. The zero-order valence-corrected chi connectivity index (χ0v) is 11.0. The van der Waals surface area contributed by atoms with Crippen LogP contribution in [0.1, 0.15) is 13.8 Å². The van der Waals surface area contributed by atoms with Crippen LogP contribution < -0.4 is 4.90 Å². The van der Waals surface area contributed by atoms with Gasteiger partial charge in [0.05, 0.1) is 0 Å². The summed E-state index contributed by atoms with van der Waals surface area (Å²) in [6, 6.07) is 10.8. The van der Waals surface area contributed by atoms with Crippen molar-refractivity contribution in [2.24, 2.45) is 0 Å². The Kier molecular flexibility index (Phi) is 3.85. The van der Waals surface area contributed by atoms with Crippen molar-refractivity contribution < 1.29 is 0 Å². The van der Waals surface area contributed by atoms with Crippen molar-refractivity contribution in [2.45, 2.75) is 19.9 Å². The van der Waals surface area contributed by atoms with E-state index in [1.54, 1.807) is 0 Å². The summed E-state index contributed by atoms with van der Waals surface area (Å²) in [6.45, 7) is 5.15. The van der Waals surface area contributed by atoms with Crippen LogP contribution in [0.15, 0.2) is 36.5 Å². The second-order valence-corrected chi connectivity index (χ2v) is 4.71.